The van der Waals surface area contributed by atoms with Gasteiger partial charge in [-0.3, -0.25) is 0 Å². The van der Waals surface area contributed by atoms with Gasteiger partial charge in [-0.15, -0.1) is 0 Å². The van der Waals surface area contributed by atoms with Crippen molar-refractivity contribution in [3.63, 3.8) is 0 Å². The van der Waals surface area contributed by atoms with E-state index >= 15 is 0 Å². The summed E-state index contributed by atoms with van der Waals surface area (Å²) in [5, 5.41) is 0.138. The Labute approximate surface area is 97.6 Å². The quantitative estimate of drug-likeness (QED) is 0.429. The molecule has 0 nitrogen and oxygen atoms in total. The van der Waals surface area contributed by atoms with Gasteiger partial charge in [0.05, 0.1) is 7.85 Å². The van der Waals surface area contributed by atoms with Crippen molar-refractivity contribution in [3.05, 3.63) is 0 Å². The van der Waals surface area contributed by atoms with E-state index in [-0.39, 0.29) is 5.31 Å². The fourth-order valence-electron chi connectivity index (χ4n) is 2.93. The minimum atomic E-state index is 0.138. The van der Waals surface area contributed by atoms with E-state index in [0.717, 1.165) is 0 Å². The highest BCUT2D eigenvalue weighted by Gasteiger charge is 2.41. The Morgan fingerprint density at radius 2 is 1.67 bits per heavy atom. The van der Waals surface area contributed by atoms with Gasteiger partial charge in [-0.2, -0.15) is 0 Å². The zero-order valence-electron chi connectivity index (χ0n) is 10.9. The molecule has 2 radical (unpaired) electrons. The van der Waals surface area contributed by atoms with E-state index in [0.29, 0.717) is 5.41 Å². The van der Waals surface area contributed by atoms with Gasteiger partial charge in [-0.25, -0.2) is 0 Å². The number of rotatable bonds is 6. The molecule has 1 heteroatoms. The molecular formula is C14H27B. The molecule has 0 aromatic carbocycles. The van der Waals surface area contributed by atoms with Gasteiger partial charge in [0.25, 0.3) is 0 Å². The third-order valence-corrected chi connectivity index (χ3v) is 4.50. The van der Waals surface area contributed by atoms with E-state index in [1.165, 1.54) is 57.8 Å². The number of hydrogen-bond donors (Lipinski definition) is 0. The molecule has 0 bridgehead atoms. The summed E-state index contributed by atoms with van der Waals surface area (Å²) in [5.41, 5.74) is 0.344. The monoisotopic (exact) mass is 206 g/mol. The largest absolute Gasteiger partial charge is 0.0753 e. The van der Waals surface area contributed by atoms with E-state index in [4.69, 9.17) is 7.85 Å². The first-order valence-electron chi connectivity index (χ1n) is 6.81. The maximum absolute atomic E-state index is 6.55. The Balaban J connectivity index is 2.36. The Kier molecular flexibility index (Phi) is 4.74. The molecule has 0 aliphatic heterocycles. The average molecular weight is 206 g/mol. The molecule has 1 aliphatic rings. The van der Waals surface area contributed by atoms with Gasteiger partial charge >= 0.3 is 0 Å². The van der Waals surface area contributed by atoms with E-state index < -0.39 is 0 Å². The summed E-state index contributed by atoms with van der Waals surface area (Å²) in [7, 11) is 6.55. The first-order chi connectivity index (χ1) is 7.02. The standard InChI is InChI=1S/C14H27B/c1-4-5-6-7-10-13(2,3)14(15)11-8-9-12-14/h4-12H2,1-3H3. The molecular weight excluding hydrogens is 179 g/mol. The lowest BCUT2D eigenvalue weighted by Crippen LogP contribution is -2.29. The molecule has 1 aliphatic carbocycles. The van der Waals surface area contributed by atoms with Crippen molar-refractivity contribution in [3.8, 4) is 0 Å². The summed E-state index contributed by atoms with van der Waals surface area (Å²) < 4.78 is 0. The predicted octanol–water partition coefficient (Wildman–Crippen LogP) is 4.88. The van der Waals surface area contributed by atoms with Crippen molar-refractivity contribution < 1.29 is 0 Å². The summed E-state index contributed by atoms with van der Waals surface area (Å²) in [6, 6.07) is 0. The third-order valence-electron chi connectivity index (χ3n) is 4.50. The molecule has 0 saturated heterocycles. The van der Waals surface area contributed by atoms with Crippen LogP contribution in [0.4, 0.5) is 0 Å². The highest BCUT2D eigenvalue weighted by atomic mass is 14.4. The van der Waals surface area contributed by atoms with Crippen molar-refractivity contribution in [2.75, 3.05) is 0 Å². The van der Waals surface area contributed by atoms with Crippen molar-refractivity contribution >= 4 is 7.85 Å². The molecule has 0 atom stereocenters. The van der Waals surface area contributed by atoms with Gasteiger partial charge in [0.2, 0.25) is 0 Å². The minimum absolute atomic E-state index is 0.138. The molecule has 0 spiro atoms. The molecule has 0 aromatic heterocycles. The van der Waals surface area contributed by atoms with Crippen LogP contribution in [0.25, 0.3) is 0 Å². The van der Waals surface area contributed by atoms with Crippen LogP contribution in [0.1, 0.15) is 78.6 Å². The molecule has 0 unspecified atom stereocenters. The summed E-state index contributed by atoms with van der Waals surface area (Å²) >= 11 is 0. The lowest BCUT2D eigenvalue weighted by atomic mass is 9.51. The average Bonchev–Trinajstić information content (AvgIpc) is 2.62. The van der Waals surface area contributed by atoms with Crippen LogP contribution in [-0.2, 0) is 0 Å². The second-order valence-electron chi connectivity index (χ2n) is 6.06. The lowest BCUT2D eigenvalue weighted by Gasteiger charge is -2.43. The maximum Gasteiger partial charge on any atom is 0.0753 e. The van der Waals surface area contributed by atoms with E-state index in [1.54, 1.807) is 0 Å². The number of unbranched alkanes of at least 4 members (excludes halogenated alkanes) is 3. The van der Waals surface area contributed by atoms with Crippen LogP contribution in [0, 0.1) is 5.41 Å². The highest BCUT2D eigenvalue weighted by Crippen LogP contribution is 2.57. The van der Waals surface area contributed by atoms with Crippen LogP contribution in [0.5, 0.6) is 0 Å². The molecule has 86 valence electrons. The van der Waals surface area contributed by atoms with Gasteiger partial charge in [0, 0.05) is 0 Å². The van der Waals surface area contributed by atoms with Crippen LogP contribution >= 0.6 is 0 Å². The Morgan fingerprint density at radius 3 is 2.20 bits per heavy atom. The third kappa shape index (κ3) is 3.26. The fraction of sp³-hybridized carbons (Fsp3) is 1.00. The summed E-state index contributed by atoms with van der Waals surface area (Å²) in [5.74, 6) is 0. The number of hydrogen-bond acceptors (Lipinski definition) is 0. The molecule has 1 rings (SSSR count). The van der Waals surface area contributed by atoms with Crippen molar-refractivity contribution in [1.29, 1.82) is 0 Å². The first-order valence-corrected chi connectivity index (χ1v) is 6.81. The van der Waals surface area contributed by atoms with Crippen molar-refractivity contribution in [2.45, 2.75) is 83.9 Å². The predicted molar refractivity (Wildman–Crippen MR) is 69.5 cm³/mol. The van der Waals surface area contributed by atoms with Crippen molar-refractivity contribution in [2.24, 2.45) is 5.41 Å². The molecule has 1 fully saturated rings. The highest BCUT2D eigenvalue weighted by molar-refractivity contribution is 6.16. The maximum atomic E-state index is 6.55. The van der Waals surface area contributed by atoms with E-state index in [9.17, 15) is 0 Å². The molecule has 0 N–H and O–H groups in total. The van der Waals surface area contributed by atoms with Gasteiger partial charge in [-0.05, 0) is 11.8 Å². The SMILES string of the molecule is [B]C1(C(C)(C)CCCCCC)CCCC1. The lowest BCUT2D eigenvalue weighted by molar-refractivity contribution is 0.210. The van der Waals surface area contributed by atoms with Crippen LogP contribution in [0.3, 0.4) is 0 Å². The smallest absolute Gasteiger partial charge is 0.0654 e. The normalized spacial score (nSPS) is 20.7. The van der Waals surface area contributed by atoms with Gasteiger partial charge in [-0.1, -0.05) is 77.5 Å². The Morgan fingerprint density at radius 1 is 1.07 bits per heavy atom. The molecule has 1 saturated carbocycles. The summed E-state index contributed by atoms with van der Waals surface area (Å²) in [4.78, 5) is 0. The van der Waals surface area contributed by atoms with Crippen LogP contribution < -0.4 is 0 Å². The first kappa shape index (κ1) is 13.1. The van der Waals surface area contributed by atoms with E-state index in [2.05, 4.69) is 20.8 Å². The summed E-state index contributed by atoms with van der Waals surface area (Å²) in [6.07, 6.45) is 11.9. The fourth-order valence-corrected chi connectivity index (χ4v) is 2.93. The van der Waals surface area contributed by atoms with Gasteiger partial charge in [0.15, 0.2) is 0 Å². The molecule has 0 aromatic rings. The van der Waals surface area contributed by atoms with Gasteiger partial charge in [0.1, 0.15) is 0 Å². The second-order valence-corrected chi connectivity index (χ2v) is 6.06. The van der Waals surface area contributed by atoms with Crippen LogP contribution in [-0.4, -0.2) is 7.85 Å². The van der Waals surface area contributed by atoms with Crippen LogP contribution in [0.2, 0.25) is 5.31 Å². The van der Waals surface area contributed by atoms with Crippen molar-refractivity contribution in [1.82, 2.24) is 0 Å². The Bertz CT molecular complexity index is 178. The van der Waals surface area contributed by atoms with E-state index in [1.807, 2.05) is 0 Å². The molecule has 0 amide bonds. The van der Waals surface area contributed by atoms with Gasteiger partial charge < -0.3 is 0 Å². The summed E-state index contributed by atoms with van der Waals surface area (Å²) in [6.45, 7) is 7.03. The van der Waals surface area contributed by atoms with Crippen LogP contribution in [0.15, 0.2) is 0 Å². The minimum Gasteiger partial charge on any atom is -0.0654 e. The second kappa shape index (κ2) is 5.41. The molecule has 15 heavy (non-hydrogen) atoms. The topological polar surface area (TPSA) is 0 Å². The zero-order chi connectivity index (χ0) is 11.4. The Hall–Kier alpha value is 0.0649. The zero-order valence-corrected chi connectivity index (χ0v) is 10.9. The molecule has 0 heterocycles.